The largest absolute Gasteiger partial charge is 0.452 e. The van der Waals surface area contributed by atoms with Crippen molar-refractivity contribution >= 4 is 29.2 Å². The Morgan fingerprint density at radius 2 is 2.04 bits per heavy atom. The number of piperidine rings is 1. The molecule has 0 aromatic heterocycles. The van der Waals surface area contributed by atoms with Crippen molar-refractivity contribution in [1.29, 1.82) is 0 Å². The number of carbonyl (C=O) groups is 3. The number of ether oxygens (including phenoxy) is 1. The molecule has 146 valence electrons. The number of rotatable bonds is 6. The Morgan fingerprint density at radius 1 is 1.33 bits per heavy atom. The number of non-ortho nitro benzene ring substituents is 1. The smallest absolute Gasteiger partial charge is 0.341 e. The van der Waals surface area contributed by atoms with Crippen molar-refractivity contribution in [1.82, 2.24) is 4.90 Å². The molecule has 0 aliphatic carbocycles. The number of hydrogen-bond acceptors (Lipinski definition) is 7. The highest BCUT2D eigenvalue weighted by Gasteiger charge is 2.31. The van der Waals surface area contributed by atoms with Gasteiger partial charge < -0.3 is 20.3 Å². The Kier molecular flexibility index (Phi) is 6.32. The number of esters is 1. The first-order valence-electron chi connectivity index (χ1n) is 8.44. The fraction of sp³-hybridized carbons (Fsp3) is 0.471. The fourth-order valence-electron chi connectivity index (χ4n) is 3.00. The summed E-state index contributed by atoms with van der Waals surface area (Å²) in [5.41, 5.74) is 5.47. The highest BCUT2D eigenvalue weighted by Crippen LogP contribution is 2.25. The zero-order valence-electron chi connectivity index (χ0n) is 15.2. The third-order valence-corrected chi connectivity index (χ3v) is 4.37. The van der Waals surface area contributed by atoms with E-state index >= 15 is 0 Å². The van der Waals surface area contributed by atoms with E-state index in [0.29, 0.717) is 18.7 Å². The molecule has 0 bridgehead atoms. The van der Waals surface area contributed by atoms with Crippen LogP contribution in [0, 0.1) is 10.1 Å². The molecule has 1 aliphatic rings. The normalized spacial score (nSPS) is 16.5. The number of nitrogens with two attached hydrogens (primary N) is 1. The summed E-state index contributed by atoms with van der Waals surface area (Å²) in [4.78, 5) is 49.6. The van der Waals surface area contributed by atoms with Crippen LogP contribution in [-0.2, 0) is 14.3 Å². The summed E-state index contributed by atoms with van der Waals surface area (Å²) in [7, 11) is 3.35. The zero-order valence-corrected chi connectivity index (χ0v) is 15.2. The molecule has 10 heteroatoms. The summed E-state index contributed by atoms with van der Waals surface area (Å²) in [6.45, 7) is -0.206. The number of benzene rings is 1. The molecule has 2 N–H and O–H groups in total. The first kappa shape index (κ1) is 20.1. The van der Waals surface area contributed by atoms with E-state index < -0.39 is 35.4 Å². The number of nitro groups is 1. The molecule has 27 heavy (non-hydrogen) atoms. The molecular formula is C17H22N4O6. The molecule has 0 radical (unpaired) electrons. The molecular weight excluding hydrogens is 356 g/mol. The molecule has 1 heterocycles. The number of likely N-dealkylation sites (tertiary alicyclic amines) is 1. The lowest BCUT2D eigenvalue weighted by Gasteiger charge is -2.33. The highest BCUT2D eigenvalue weighted by molar-refractivity contribution is 5.98. The van der Waals surface area contributed by atoms with Crippen molar-refractivity contribution in [3.8, 4) is 0 Å². The number of hydrogen-bond donors (Lipinski definition) is 1. The van der Waals surface area contributed by atoms with Gasteiger partial charge in [0.15, 0.2) is 6.61 Å². The number of anilines is 1. The molecule has 1 atom stereocenters. The van der Waals surface area contributed by atoms with Crippen LogP contribution in [0.1, 0.15) is 29.6 Å². The quantitative estimate of drug-likeness (QED) is 0.437. The monoisotopic (exact) mass is 378 g/mol. The second kappa shape index (κ2) is 8.47. The van der Waals surface area contributed by atoms with Gasteiger partial charge in [-0.2, -0.15) is 0 Å². The van der Waals surface area contributed by atoms with Crippen LogP contribution >= 0.6 is 0 Å². The van der Waals surface area contributed by atoms with Gasteiger partial charge in [-0.25, -0.2) is 4.79 Å². The van der Waals surface area contributed by atoms with Gasteiger partial charge >= 0.3 is 5.97 Å². The lowest BCUT2D eigenvalue weighted by atomic mass is 10.0. The molecule has 1 saturated heterocycles. The van der Waals surface area contributed by atoms with E-state index in [1.54, 1.807) is 19.0 Å². The summed E-state index contributed by atoms with van der Waals surface area (Å²) >= 11 is 0. The van der Waals surface area contributed by atoms with Gasteiger partial charge in [-0.05, 0) is 25.3 Å². The van der Waals surface area contributed by atoms with Gasteiger partial charge in [0.25, 0.3) is 11.6 Å². The second-order valence-electron chi connectivity index (χ2n) is 6.43. The van der Waals surface area contributed by atoms with Gasteiger partial charge in [-0.3, -0.25) is 19.7 Å². The Labute approximate surface area is 156 Å². The standard InChI is InChI=1S/C17H22N4O6/c1-19(2)13-7-6-11(21(25)26)9-12(13)17(24)27-10-15(22)20-8-4-3-5-14(20)16(18)23/h6-7,9,14H,3-5,8,10H2,1-2H3,(H2,18,23)/t14-/m1/s1. The first-order chi connectivity index (χ1) is 12.7. The maximum absolute atomic E-state index is 12.4. The third-order valence-electron chi connectivity index (χ3n) is 4.37. The fourth-order valence-corrected chi connectivity index (χ4v) is 3.00. The molecule has 10 nitrogen and oxygen atoms in total. The zero-order chi connectivity index (χ0) is 20.1. The average molecular weight is 378 g/mol. The van der Waals surface area contributed by atoms with Gasteiger partial charge in [0.05, 0.1) is 16.2 Å². The minimum Gasteiger partial charge on any atom is -0.452 e. The van der Waals surface area contributed by atoms with E-state index in [1.807, 2.05) is 0 Å². The van der Waals surface area contributed by atoms with Crippen molar-refractivity contribution in [2.24, 2.45) is 5.73 Å². The summed E-state index contributed by atoms with van der Waals surface area (Å²) in [5, 5.41) is 11.0. The van der Waals surface area contributed by atoms with Crippen LogP contribution in [0.2, 0.25) is 0 Å². The molecule has 2 amide bonds. The van der Waals surface area contributed by atoms with Crippen molar-refractivity contribution in [2.45, 2.75) is 25.3 Å². The summed E-state index contributed by atoms with van der Waals surface area (Å²) in [6.07, 6.45) is 2.00. The Bertz CT molecular complexity index is 764. The lowest BCUT2D eigenvalue weighted by molar-refractivity contribution is -0.384. The van der Waals surface area contributed by atoms with E-state index in [2.05, 4.69) is 0 Å². The molecule has 1 aliphatic heterocycles. The van der Waals surface area contributed by atoms with Crippen molar-refractivity contribution in [3.05, 3.63) is 33.9 Å². The first-order valence-corrected chi connectivity index (χ1v) is 8.44. The van der Waals surface area contributed by atoms with Gasteiger partial charge in [-0.15, -0.1) is 0 Å². The molecule has 0 saturated carbocycles. The molecule has 0 unspecified atom stereocenters. The van der Waals surface area contributed by atoms with Crippen molar-refractivity contribution in [3.63, 3.8) is 0 Å². The van der Waals surface area contributed by atoms with Crippen molar-refractivity contribution < 1.29 is 24.0 Å². The molecule has 0 spiro atoms. The van der Waals surface area contributed by atoms with E-state index in [1.165, 1.54) is 17.0 Å². The van der Waals surface area contributed by atoms with E-state index in [-0.39, 0.29) is 11.3 Å². The van der Waals surface area contributed by atoms with Crippen LogP contribution in [0.3, 0.4) is 0 Å². The van der Waals surface area contributed by atoms with Gasteiger partial charge in [-0.1, -0.05) is 0 Å². The van der Waals surface area contributed by atoms with Gasteiger partial charge in [0, 0.05) is 32.8 Å². The Morgan fingerprint density at radius 3 is 2.63 bits per heavy atom. The van der Waals surface area contributed by atoms with E-state index in [4.69, 9.17) is 10.5 Å². The molecule has 1 aromatic carbocycles. The predicted molar refractivity (Wildman–Crippen MR) is 96.3 cm³/mol. The third kappa shape index (κ3) is 4.72. The van der Waals surface area contributed by atoms with E-state index in [9.17, 15) is 24.5 Å². The minimum absolute atomic E-state index is 0.0212. The average Bonchev–Trinajstić information content (AvgIpc) is 2.65. The number of amides is 2. The maximum atomic E-state index is 12.4. The lowest BCUT2D eigenvalue weighted by Crippen LogP contribution is -2.51. The number of nitro benzene ring substituents is 1. The van der Waals surface area contributed by atoms with Crippen LogP contribution in [0.25, 0.3) is 0 Å². The molecule has 1 aromatic rings. The van der Waals surface area contributed by atoms with Crippen LogP contribution in [-0.4, -0.2) is 60.9 Å². The maximum Gasteiger partial charge on any atom is 0.341 e. The Balaban J connectivity index is 2.12. The summed E-state index contributed by atoms with van der Waals surface area (Å²) < 4.78 is 5.07. The summed E-state index contributed by atoms with van der Waals surface area (Å²) in [6, 6.07) is 3.11. The predicted octanol–water partition coefficient (Wildman–Crippen LogP) is 0.684. The SMILES string of the molecule is CN(C)c1ccc([N+](=O)[O-])cc1C(=O)OCC(=O)N1CCCC[C@@H]1C(N)=O. The second-order valence-corrected chi connectivity index (χ2v) is 6.43. The molecule has 2 rings (SSSR count). The Hall–Kier alpha value is -3.17. The number of nitrogens with zero attached hydrogens (tertiary/aromatic N) is 3. The van der Waals surface area contributed by atoms with E-state index in [0.717, 1.165) is 18.9 Å². The van der Waals surface area contributed by atoms with Crippen LogP contribution < -0.4 is 10.6 Å². The van der Waals surface area contributed by atoms with Crippen LogP contribution in [0.15, 0.2) is 18.2 Å². The highest BCUT2D eigenvalue weighted by atomic mass is 16.6. The van der Waals surface area contributed by atoms with Crippen molar-refractivity contribution in [2.75, 3.05) is 32.1 Å². The number of primary amides is 1. The topological polar surface area (TPSA) is 136 Å². The summed E-state index contributed by atoms with van der Waals surface area (Å²) in [5.74, 6) is -1.98. The minimum atomic E-state index is -0.858. The van der Waals surface area contributed by atoms with Gasteiger partial charge in [0.1, 0.15) is 6.04 Å². The van der Waals surface area contributed by atoms with Gasteiger partial charge in [0.2, 0.25) is 5.91 Å². The van der Waals surface area contributed by atoms with Crippen LogP contribution in [0.5, 0.6) is 0 Å². The van der Waals surface area contributed by atoms with Crippen LogP contribution in [0.4, 0.5) is 11.4 Å². The molecule has 1 fully saturated rings. The number of carbonyl (C=O) groups excluding carboxylic acids is 3.